The molecule has 5 atom stereocenters. The number of imidazole rings is 1. The summed E-state index contributed by atoms with van der Waals surface area (Å²) in [7, 11) is 0. The summed E-state index contributed by atoms with van der Waals surface area (Å²) in [6.07, 6.45) is 4.00. The molecule has 0 radical (unpaired) electrons. The molecule has 0 spiro atoms. The van der Waals surface area contributed by atoms with Gasteiger partial charge in [0.15, 0.2) is 16.6 Å². The molecule has 0 amide bonds. The molecule has 9 heteroatoms. The highest BCUT2D eigenvalue weighted by Crippen LogP contribution is 2.58. The lowest BCUT2D eigenvalue weighted by molar-refractivity contribution is -0.0523. The van der Waals surface area contributed by atoms with E-state index in [1.54, 1.807) is 10.9 Å². The van der Waals surface area contributed by atoms with E-state index in [9.17, 15) is 15.3 Å². The molecule has 0 bridgehead atoms. The highest BCUT2D eigenvalue weighted by atomic mass is 32.2. The predicted octanol–water partition coefficient (Wildman–Crippen LogP) is 0.186. The SMILES string of the molecule is CSc1nc(N)c2ncn([C@H]3[C@H](O)[C@H](O)[C@]4(CO)CCC[C@H]34)c2n1. The molecule has 0 unspecified atom stereocenters. The highest BCUT2D eigenvalue weighted by molar-refractivity contribution is 7.98. The zero-order valence-corrected chi connectivity index (χ0v) is 14.1. The number of hydrogen-bond donors (Lipinski definition) is 4. The Bertz CT molecular complexity index is 784. The number of aromatic nitrogens is 4. The Balaban J connectivity index is 1.87. The average Bonchev–Trinajstić information content (AvgIpc) is 3.24. The van der Waals surface area contributed by atoms with Crippen molar-refractivity contribution in [2.75, 3.05) is 18.6 Å². The van der Waals surface area contributed by atoms with Gasteiger partial charge in [-0.25, -0.2) is 15.0 Å². The summed E-state index contributed by atoms with van der Waals surface area (Å²) in [6, 6.07) is -0.386. The molecule has 2 fully saturated rings. The molecule has 4 rings (SSSR count). The summed E-state index contributed by atoms with van der Waals surface area (Å²) in [6.45, 7) is -0.133. The molecule has 2 aromatic rings. The van der Waals surface area contributed by atoms with Gasteiger partial charge in [0.05, 0.1) is 25.1 Å². The van der Waals surface area contributed by atoms with Gasteiger partial charge < -0.3 is 25.6 Å². The largest absolute Gasteiger partial charge is 0.396 e. The van der Waals surface area contributed by atoms with Gasteiger partial charge in [-0.1, -0.05) is 18.2 Å². The van der Waals surface area contributed by atoms with Crippen LogP contribution >= 0.6 is 11.8 Å². The number of aliphatic hydroxyl groups excluding tert-OH is 3. The van der Waals surface area contributed by atoms with Crippen LogP contribution in [0.4, 0.5) is 5.82 Å². The van der Waals surface area contributed by atoms with Crippen molar-refractivity contribution in [2.24, 2.45) is 11.3 Å². The fourth-order valence-electron chi connectivity index (χ4n) is 4.64. The van der Waals surface area contributed by atoms with E-state index in [4.69, 9.17) is 5.73 Å². The molecule has 2 saturated carbocycles. The summed E-state index contributed by atoms with van der Waals surface area (Å²) < 4.78 is 1.80. The van der Waals surface area contributed by atoms with Crippen molar-refractivity contribution in [1.29, 1.82) is 0 Å². The first kappa shape index (κ1) is 16.1. The topological polar surface area (TPSA) is 130 Å². The van der Waals surface area contributed by atoms with E-state index in [2.05, 4.69) is 15.0 Å². The number of fused-ring (bicyclic) bond motifs is 2. The van der Waals surface area contributed by atoms with Crippen LogP contribution in [0, 0.1) is 11.3 Å². The van der Waals surface area contributed by atoms with E-state index in [1.807, 2.05) is 6.26 Å². The van der Waals surface area contributed by atoms with Crippen molar-refractivity contribution in [3.8, 4) is 0 Å². The monoisotopic (exact) mass is 351 g/mol. The van der Waals surface area contributed by atoms with Crippen molar-refractivity contribution < 1.29 is 15.3 Å². The smallest absolute Gasteiger partial charge is 0.191 e. The fourth-order valence-corrected chi connectivity index (χ4v) is 5.01. The number of rotatable bonds is 3. The van der Waals surface area contributed by atoms with Gasteiger partial charge in [0, 0.05) is 5.41 Å². The fraction of sp³-hybridized carbons (Fsp3) is 0.667. The highest BCUT2D eigenvalue weighted by Gasteiger charge is 2.62. The van der Waals surface area contributed by atoms with Crippen LogP contribution in [0.15, 0.2) is 11.5 Å². The number of nitrogen functional groups attached to an aromatic ring is 1. The number of thioether (sulfide) groups is 1. The first-order valence-corrected chi connectivity index (χ1v) is 9.27. The van der Waals surface area contributed by atoms with Gasteiger partial charge in [0.2, 0.25) is 0 Å². The summed E-state index contributed by atoms with van der Waals surface area (Å²) >= 11 is 1.38. The second kappa shape index (κ2) is 5.55. The lowest BCUT2D eigenvalue weighted by atomic mass is 9.79. The summed E-state index contributed by atoms with van der Waals surface area (Å²) in [5.74, 6) is 0.273. The molecule has 0 saturated heterocycles. The van der Waals surface area contributed by atoms with Crippen LogP contribution in [0.5, 0.6) is 0 Å². The molecule has 8 nitrogen and oxygen atoms in total. The number of hydrogen-bond acceptors (Lipinski definition) is 8. The molecule has 0 aliphatic heterocycles. The van der Waals surface area contributed by atoms with Crippen molar-refractivity contribution in [1.82, 2.24) is 19.5 Å². The summed E-state index contributed by atoms with van der Waals surface area (Å²) in [5, 5.41) is 31.8. The quantitative estimate of drug-likeness (QED) is 0.455. The van der Waals surface area contributed by atoms with Crippen LogP contribution in [0.25, 0.3) is 11.2 Å². The lowest BCUT2D eigenvalue weighted by Crippen LogP contribution is -2.39. The molecule has 2 aliphatic rings. The van der Waals surface area contributed by atoms with Crippen LogP contribution in [-0.4, -0.2) is 59.9 Å². The zero-order chi connectivity index (χ0) is 17.1. The molecule has 5 N–H and O–H groups in total. The Hall–Kier alpha value is -1.42. The maximum atomic E-state index is 10.7. The Morgan fingerprint density at radius 3 is 2.92 bits per heavy atom. The third-order valence-electron chi connectivity index (χ3n) is 5.80. The van der Waals surface area contributed by atoms with E-state index < -0.39 is 17.6 Å². The minimum Gasteiger partial charge on any atom is -0.396 e. The maximum Gasteiger partial charge on any atom is 0.191 e. The van der Waals surface area contributed by atoms with Gasteiger partial charge in [-0.05, 0) is 25.0 Å². The minimum atomic E-state index is -0.978. The number of aliphatic hydroxyl groups is 3. The normalized spacial score (nSPS) is 35.7. The number of nitrogens with two attached hydrogens (primary N) is 1. The Morgan fingerprint density at radius 2 is 2.21 bits per heavy atom. The summed E-state index contributed by atoms with van der Waals surface area (Å²) in [5.41, 5.74) is 6.38. The van der Waals surface area contributed by atoms with E-state index in [-0.39, 0.29) is 18.6 Å². The summed E-state index contributed by atoms with van der Waals surface area (Å²) in [4.78, 5) is 13.0. The second-order valence-electron chi connectivity index (χ2n) is 6.74. The van der Waals surface area contributed by atoms with Crippen LogP contribution in [0.3, 0.4) is 0 Å². The first-order chi connectivity index (χ1) is 11.5. The number of anilines is 1. The molecule has 2 heterocycles. The van der Waals surface area contributed by atoms with Crippen LogP contribution < -0.4 is 5.73 Å². The molecule has 0 aromatic carbocycles. The predicted molar refractivity (Wildman–Crippen MR) is 89.4 cm³/mol. The van der Waals surface area contributed by atoms with Crippen molar-refractivity contribution in [2.45, 2.75) is 42.7 Å². The van der Waals surface area contributed by atoms with Gasteiger partial charge in [-0.15, -0.1) is 0 Å². The van der Waals surface area contributed by atoms with Gasteiger partial charge in [-0.3, -0.25) is 0 Å². The standard InChI is InChI=1S/C15H21N5O3S/c1-24-14-18-12(16)8-13(19-14)20(6-17-8)9-7-3-2-4-15(7,5-21)11(23)10(9)22/h6-7,9-11,21-23H,2-5H2,1H3,(H2,16,18,19)/t7-,9-,10+,11+,15+/m1/s1. The van der Waals surface area contributed by atoms with Crippen molar-refractivity contribution in [3.63, 3.8) is 0 Å². The molecular weight excluding hydrogens is 330 g/mol. The van der Waals surface area contributed by atoms with Gasteiger partial charge in [0.1, 0.15) is 11.6 Å². The maximum absolute atomic E-state index is 10.7. The average molecular weight is 351 g/mol. The second-order valence-corrected chi connectivity index (χ2v) is 7.51. The van der Waals surface area contributed by atoms with Crippen LogP contribution in [0.2, 0.25) is 0 Å². The Morgan fingerprint density at radius 1 is 1.42 bits per heavy atom. The van der Waals surface area contributed by atoms with Crippen LogP contribution in [-0.2, 0) is 0 Å². The van der Waals surface area contributed by atoms with Gasteiger partial charge in [0.25, 0.3) is 0 Å². The van der Waals surface area contributed by atoms with Gasteiger partial charge in [-0.2, -0.15) is 0 Å². The minimum absolute atomic E-state index is 0.0289. The van der Waals surface area contributed by atoms with Crippen LogP contribution in [0.1, 0.15) is 25.3 Å². The molecular formula is C15H21N5O3S. The van der Waals surface area contributed by atoms with E-state index >= 15 is 0 Å². The third-order valence-corrected chi connectivity index (χ3v) is 6.34. The molecule has 24 heavy (non-hydrogen) atoms. The zero-order valence-electron chi connectivity index (χ0n) is 13.3. The Labute approximate surface area is 143 Å². The van der Waals surface area contributed by atoms with Crippen molar-refractivity contribution >= 4 is 28.7 Å². The van der Waals surface area contributed by atoms with E-state index in [1.165, 1.54) is 11.8 Å². The van der Waals surface area contributed by atoms with Gasteiger partial charge >= 0.3 is 0 Å². The Kier molecular flexibility index (Phi) is 3.72. The first-order valence-electron chi connectivity index (χ1n) is 8.04. The molecule has 2 aliphatic carbocycles. The molecule has 2 aromatic heterocycles. The number of nitrogens with zero attached hydrogens (tertiary/aromatic N) is 4. The van der Waals surface area contributed by atoms with E-state index in [0.717, 1.165) is 12.8 Å². The lowest BCUT2D eigenvalue weighted by Gasteiger charge is -2.31. The third kappa shape index (κ3) is 1.95. The van der Waals surface area contributed by atoms with E-state index in [0.29, 0.717) is 28.6 Å². The van der Waals surface area contributed by atoms with Crippen molar-refractivity contribution in [3.05, 3.63) is 6.33 Å². The molecule has 130 valence electrons.